The second kappa shape index (κ2) is 6.04. The summed E-state index contributed by atoms with van der Waals surface area (Å²) in [6.45, 7) is 6.33. The van der Waals surface area contributed by atoms with Crippen LogP contribution >= 0.6 is 0 Å². The van der Waals surface area contributed by atoms with E-state index in [0.717, 1.165) is 12.8 Å². The van der Waals surface area contributed by atoms with Gasteiger partial charge in [-0.1, -0.05) is 0 Å². The third kappa shape index (κ3) is 3.25. The van der Waals surface area contributed by atoms with Gasteiger partial charge in [0.25, 0.3) is 0 Å². The number of ether oxygens (including phenoxy) is 5. The first-order chi connectivity index (χ1) is 12.6. The van der Waals surface area contributed by atoms with Crippen molar-refractivity contribution in [1.29, 1.82) is 0 Å². The second-order valence-electron chi connectivity index (χ2n) is 8.15. The van der Waals surface area contributed by atoms with Gasteiger partial charge in [-0.25, -0.2) is 4.79 Å². The number of epoxide rings is 2. The maximum Gasteiger partial charge on any atom is 0.338 e. The molecule has 0 unspecified atom stereocenters. The molecular weight excluding hydrogens is 356 g/mol. The average Bonchev–Trinajstić information content (AvgIpc) is 3.37. The molecule has 0 spiro atoms. The van der Waals surface area contributed by atoms with Gasteiger partial charge in [0.15, 0.2) is 6.10 Å². The number of hydrogen-bond acceptors (Lipinski definition) is 8. The summed E-state index contributed by atoms with van der Waals surface area (Å²) in [6, 6.07) is 0. The molecule has 1 saturated carbocycles. The van der Waals surface area contributed by atoms with Crippen LogP contribution in [0, 0.1) is 0 Å². The summed E-state index contributed by atoms with van der Waals surface area (Å²) in [5.74, 6) is -1.54. The molecule has 148 valence electrons. The molecule has 0 radical (unpaired) electrons. The molecular formula is C19H24O8. The van der Waals surface area contributed by atoms with Crippen LogP contribution in [0.25, 0.3) is 0 Å². The van der Waals surface area contributed by atoms with E-state index in [0.29, 0.717) is 12.0 Å². The highest BCUT2D eigenvalue weighted by Gasteiger charge is 2.65. The van der Waals surface area contributed by atoms with Gasteiger partial charge < -0.3 is 23.7 Å². The number of esters is 3. The van der Waals surface area contributed by atoms with Crippen LogP contribution in [-0.2, 0) is 38.1 Å². The Bertz CT molecular complexity index is 742. The van der Waals surface area contributed by atoms with Gasteiger partial charge in [0.2, 0.25) is 0 Å². The van der Waals surface area contributed by atoms with E-state index >= 15 is 0 Å². The largest absolute Gasteiger partial charge is 0.461 e. The van der Waals surface area contributed by atoms with Crippen LogP contribution in [0.1, 0.15) is 47.0 Å². The molecule has 0 aromatic heterocycles. The molecule has 0 aromatic rings. The number of carbonyl (C=O) groups excluding carboxylic acids is 3. The van der Waals surface area contributed by atoms with Crippen LogP contribution in [-0.4, -0.2) is 60.1 Å². The Hall–Kier alpha value is -1.93. The smallest absolute Gasteiger partial charge is 0.338 e. The molecule has 6 atom stereocenters. The van der Waals surface area contributed by atoms with Crippen molar-refractivity contribution in [2.45, 2.75) is 82.6 Å². The fraction of sp³-hybridized carbons (Fsp3) is 0.737. The Morgan fingerprint density at radius 2 is 1.89 bits per heavy atom. The molecule has 2 saturated heterocycles. The number of rotatable bonds is 3. The fourth-order valence-electron chi connectivity index (χ4n) is 4.33. The number of hydrogen-bond donors (Lipinski definition) is 0. The van der Waals surface area contributed by atoms with Gasteiger partial charge in [0.1, 0.15) is 18.8 Å². The van der Waals surface area contributed by atoms with Crippen molar-refractivity contribution >= 4 is 17.9 Å². The van der Waals surface area contributed by atoms with Crippen LogP contribution < -0.4 is 0 Å². The van der Waals surface area contributed by atoms with E-state index in [9.17, 15) is 14.4 Å². The molecule has 0 bridgehead atoms. The molecule has 8 nitrogen and oxygen atoms in total. The second-order valence-corrected chi connectivity index (χ2v) is 8.15. The molecule has 4 rings (SSSR count). The van der Waals surface area contributed by atoms with Gasteiger partial charge in [-0.2, -0.15) is 0 Å². The Morgan fingerprint density at radius 1 is 1.15 bits per heavy atom. The zero-order valence-corrected chi connectivity index (χ0v) is 15.9. The van der Waals surface area contributed by atoms with E-state index in [1.165, 1.54) is 13.8 Å². The highest BCUT2D eigenvalue weighted by molar-refractivity contribution is 5.93. The summed E-state index contributed by atoms with van der Waals surface area (Å²) < 4.78 is 28.0. The predicted octanol–water partition coefficient (Wildman–Crippen LogP) is 1.20. The molecule has 8 heteroatoms. The van der Waals surface area contributed by atoms with E-state index in [2.05, 4.69) is 0 Å². The van der Waals surface area contributed by atoms with Crippen molar-refractivity contribution in [3.8, 4) is 0 Å². The molecule has 0 amide bonds. The normalized spacial score (nSPS) is 42.3. The highest BCUT2D eigenvalue weighted by atomic mass is 16.7. The lowest BCUT2D eigenvalue weighted by Crippen LogP contribution is -2.36. The number of fused-ring (bicyclic) bond motifs is 4. The van der Waals surface area contributed by atoms with Crippen LogP contribution in [0.5, 0.6) is 0 Å². The minimum atomic E-state index is -0.703. The van der Waals surface area contributed by atoms with Gasteiger partial charge in [0, 0.05) is 25.8 Å². The molecule has 0 N–H and O–H groups in total. The standard InChI is InChI=1S/C19H24O8/c1-9(20)23-8-11-14-12(24-10(2)21)7-19(4)13(26-19)5-6-18(3)16(27-18)15(14)25-17(11)22/h12-13,15-16H,5-8H2,1-4H3/t12-,13+,15-,16+,18+,19-/m0/s1. The van der Waals surface area contributed by atoms with Crippen molar-refractivity contribution in [2.24, 2.45) is 0 Å². The van der Waals surface area contributed by atoms with Crippen molar-refractivity contribution in [3.05, 3.63) is 11.1 Å². The Morgan fingerprint density at radius 3 is 2.56 bits per heavy atom. The first-order valence-electron chi connectivity index (χ1n) is 9.23. The highest BCUT2D eigenvalue weighted by Crippen LogP contribution is 2.54. The van der Waals surface area contributed by atoms with Gasteiger partial charge in [-0.05, 0) is 26.7 Å². The maximum atomic E-state index is 12.5. The van der Waals surface area contributed by atoms with Crippen molar-refractivity contribution in [2.75, 3.05) is 6.61 Å². The van der Waals surface area contributed by atoms with Gasteiger partial charge in [-0.3, -0.25) is 9.59 Å². The van der Waals surface area contributed by atoms with Crippen molar-refractivity contribution in [1.82, 2.24) is 0 Å². The lowest BCUT2D eigenvalue weighted by Gasteiger charge is -2.25. The molecule has 3 aliphatic heterocycles. The molecule has 3 heterocycles. The molecule has 1 aliphatic carbocycles. The summed E-state index contributed by atoms with van der Waals surface area (Å²) in [6.07, 6.45) is 0.416. The SMILES string of the molecule is CC(=O)OCC1=C2[C@@H](OC(C)=O)C[C@]3(C)O[C@@H]3CC[C@@]3(C)O[C@@H]3[C@H]2OC1=O. The zero-order chi connectivity index (χ0) is 19.6. The summed E-state index contributed by atoms with van der Waals surface area (Å²) in [4.78, 5) is 35.5. The Labute approximate surface area is 157 Å². The minimum Gasteiger partial charge on any atom is -0.461 e. The monoisotopic (exact) mass is 380 g/mol. The third-order valence-corrected chi connectivity index (χ3v) is 5.96. The summed E-state index contributed by atoms with van der Waals surface area (Å²) >= 11 is 0. The summed E-state index contributed by atoms with van der Waals surface area (Å²) in [5.41, 5.74) is -0.102. The fourth-order valence-corrected chi connectivity index (χ4v) is 4.33. The maximum absolute atomic E-state index is 12.5. The first kappa shape index (κ1) is 18.4. The Kier molecular flexibility index (Phi) is 4.12. The van der Waals surface area contributed by atoms with Gasteiger partial charge in [-0.15, -0.1) is 0 Å². The molecule has 0 aromatic carbocycles. The quantitative estimate of drug-likeness (QED) is 0.409. The van der Waals surface area contributed by atoms with Crippen molar-refractivity contribution in [3.63, 3.8) is 0 Å². The van der Waals surface area contributed by atoms with Crippen LogP contribution in [0.3, 0.4) is 0 Å². The predicted molar refractivity (Wildman–Crippen MR) is 89.5 cm³/mol. The molecule has 3 fully saturated rings. The molecule has 4 aliphatic rings. The van der Waals surface area contributed by atoms with E-state index in [1.807, 2.05) is 13.8 Å². The van der Waals surface area contributed by atoms with E-state index in [4.69, 9.17) is 23.7 Å². The topological polar surface area (TPSA) is 104 Å². The first-order valence-corrected chi connectivity index (χ1v) is 9.23. The van der Waals surface area contributed by atoms with Crippen LogP contribution in [0.2, 0.25) is 0 Å². The Balaban J connectivity index is 1.74. The molecule has 27 heavy (non-hydrogen) atoms. The summed E-state index contributed by atoms with van der Waals surface area (Å²) in [5, 5.41) is 0. The number of carbonyl (C=O) groups is 3. The van der Waals surface area contributed by atoms with Gasteiger partial charge >= 0.3 is 17.9 Å². The lowest BCUT2D eigenvalue weighted by atomic mass is 9.83. The van der Waals surface area contributed by atoms with E-state index in [1.54, 1.807) is 0 Å². The van der Waals surface area contributed by atoms with E-state index < -0.39 is 41.3 Å². The van der Waals surface area contributed by atoms with Gasteiger partial charge in [0.05, 0.1) is 22.9 Å². The van der Waals surface area contributed by atoms with Crippen molar-refractivity contribution < 1.29 is 38.1 Å². The zero-order valence-electron chi connectivity index (χ0n) is 15.9. The van der Waals surface area contributed by atoms with E-state index in [-0.39, 0.29) is 24.4 Å². The summed E-state index contributed by atoms with van der Waals surface area (Å²) in [7, 11) is 0. The van der Waals surface area contributed by atoms with Crippen LogP contribution in [0.4, 0.5) is 0 Å². The average molecular weight is 380 g/mol. The lowest BCUT2D eigenvalue weighted by molar-refractivity contribution is -0.146. The third-order valence-electron chi connectivity index (χ3n) is 5.96. The van der Waals surface area contributed by atoms with Crippen LogP contribution in [0.15, 0.2) is 11.1 Å². The minimum absolute atomic E-state index is 0.0596.